The van der Waals surface area contributed by atoms with Gasteiger partial charge in [0.1, 0.15) is 0 Å². The maximum absolute atomic E-state index is 12.2. The van der Waals surface area contributed by atoms with Crippen molar-refractivity contribution in [1.29, 1.82) is 0 Å². The fourth-order valence-corrected chi connectivity index (χ4v) is 3.64. The maximum Gasteiger partial charge on any atom is 0.224 e. The molecule has 0 saturated heterocycles. The summed E-state index contributed by atoms with van der Waals surface area (Å²) in [6.07, 6.45) is 0. The van der Waals surface area contributed by atoms with Crippen LogP contribution in [0.25, 0.3) is 0 Å². The van der Waals surface area contributed by atoms with Crippen LogP contribution in [0.1, 0.15) is 18.5 Å². The van der Waals surface area contributed by atoms with Crippen LogP contribution in [-0.4, -0.2) is 26.6 Å². The smallest absolute Gasteiger partial charge is 0.224 e. The van der Waals surface area contributed by atoms with Crippen LogP contribution in [0.4, 0.5) is 0 Å². The fraction of sp³-hybridized carbons (Fsp3) is 0.278. The number of hydrogen-bond donors (Lipinski definition) is 2. The summed E-state index contributed by atoms with van der Waals surface area (Å²) < 4.78 is 24.5. The molecule has 26 heavy (non-hydrogen) atoms. The van der Waals surface area contributed by atoms with Crippen molar-refractivity contribution in [1.82, 2.24) is 5.32 Å². The zero-order valence-electron chi connectivity index (χ0n) is 14.3. The Morgan fingerprint density at radius 2 is 1.69 bits per heavy atom. The van der Waals surface area contributed by atoms with Crippen molar-refractivity contribution in [2.45, 2.75) is 17.9 Å². The zero-order valence-corrected chi connectivity index (χ0v) is 16.7. The molecule has 0 aliphatic rings. The van der Waals surface area contributed by atoms with Gasteiger partial charge in [0.2, 0.25) is 5.91 Å². The van der Waals surface area contributed by atoms with Gasteiger partial charge in [-0.3, -0.25) is 4.79 Å². The van der Waals surface area contributed by atoms with Crippen LogP contribution in [0.5, 0.6) is 0 Å². The van der Waals surface area contributed by atoms with Crippen molar-refractivity contribution in [3.8, 4) is 0 Å². The van der Waals surface area contributed by atoms with Gasteiger partial charge in [-0.25, -0.2) is 8.42 Å². The highest BCUT2D eigenvalue weighted by Gasteiger charge is 2.22. The molecule has 0 saturated carbocycles. The minimum atomic E-state index is -3.48. The molecule has 8 heteroatoms. The summed E-state index contributed by atoms with van der Waals surface area (Å²) >= 11 is 5.76. The predicted octanol–water partition coefficient (Wildman–Crippen LogP) is 2.99. The Morgan fingerprint density at radius 3 is 2.27 bits per heavy atom. The lowest BCUT2D eigenvalue weighted by Crippen LogP contribution is -2.37. The Labute approximate surface area is 165 Å². The first-order valence-electron chi connectivity index (χ1n) is 7.88. The zero-order chi connectivity index (χ0) is 18.4. The van der Waals surface area contributed by atoms with Crippen LogP contribution in [0.15, 0.2) is 59.5 Å². The number of carbonyl (C=O) groups excluding carboxylic acids is 1. The van der Waals surface area contributed by atoms with E-state index in [1.54, 1.807) is 6.92 Å². The molecule has 0 fully saturated rings. The molecule has 0 spiro atoms. The molecular formula is C18H22Cl2N2O3S. The number of amides is 1. The van der Waals surface area contributed by atoms with E-state index in [1.165, 1.54) is 24.3 Å². The third kappa shape index (κ3) is 5.99. The van der Waals surface area contributed by atoms with Gasteiger partial charge in [0, 0.05) is 17.6 Å². The normalized spacial score (nSPS) is 13.3. The van der Waals surface area contributed by atoms with Crippen LogP contribution < -0.4 is 11.1 Å². The number of halogens is 2. The van der Waals surface area contributed by atoms with Gasteiger partial charge in [-0.05, 0) is 29.8 Å². The van der Waals surface area contributed by atoms with Crippen molar-refractivity contribution in [3.05, 3.63) is 65.2 Å². The first kappa shape index (κ1) is 22.4. The Morgan fingerprint density at radius 1 is 1.12 bits per heavy atom. The largest absolute Gasteiger partial charge is 0.355 e. The SMILES string of the molecule is CC(C(=O)NCCS(=O)(=O)c1ccc(Cl)cc1)C(N)c1ccccc1.Cl. The summed E-state index contributed by atoms with van der Waals surface area (Å²) in [4.78, 5) is 12.4. The van der Waals surface area contributed by atoms with E-state index >= 15 is 0 Å². The van der Waals surface area contributed by atoms with Gasteiger partial charge in [0.15, 0.2) is 9.84 Å². The first-order chi connectivity index (χ1) is 11.8. The second-order valence-corrected chi connectivity index (χ2v) is 8.33. The monoisotopic (exact) mass is 416 g/mol. The van der Waals surface area contributed by atoms with Crippen LogP contribution in [0.2, 0.25) is 5.02 Å². The van der Waals surface area contributed by atoms with E-state index in [-0.39, 0.29) is 35.5 Å². The van der Waals surface area contributed by atoms with Gasteiger partial charge in [-0.2, -0.15) is 0 Å². The lowest BCUT2D eigenvalue weighted by molar-refractivity contribution is -0.125. The summed E-state index contributed by atoms with van der Waals surface area (Å²) in [6, 6.07) is 14.8. The van der Waals surface area contributed by atoms with E-state index in [9.17, 15) is 13.2 Å². The summed E-state index contributed by atoms with van der Waals surface area (Å²) in [5, 5.41) is 3.11. The molecule has 0 aromatic heterocycles. The highest BCUT2D eigenvalue weighted by molar-refractivity contribution is 7.91. The molecular weight excluding hydrogens is 395 g/mol. The van der Waals surface area contributed by atoms with Gasteiger partial charge < -0.3 is 11.1 Å². The Hall–Kier alpha value is -1.60. The van der Waals surface area contributed by atoms with Crippen molar-refractivity contribution in [2.75, 3.05) is 12.3 Å². The molecule has 2 unspecified atom stereocenters. The molecule has 2 rings (SSSR count). The average Bonchev–Trinajstić information content (AvgIpc) is 2.61. The average molecular weight is 417 g/mol. The highest BCUT2D eigenvalue weighted by Crippen LogP contribution is 2.19. The lowest BCUT2D eigenvalue weighted by atomic mass is 9.95. The number of benzene rings is 2. The number of nitrogens with one attached hydrogen (secondary N) is 1. The highest BCUT2D eigenvalue weighted by atomic mass is 35.5. The van der Waals surface area contributed by atoms with Crippen LogP contribution in [0.3, 0.4) is 0 Å². The number of hydrogen-bond acceptors (Lipinski definition) is 4. The fourth-order valence-electron chi connectivity index (χ4n) is 2.36. The molecule has 0 aliphatic carbocycles. The molecule has 0 heterocycles. The van der Waals surface area contributed by atoms with E-state index in [0.717, 1.165) is 5.56 Å². The minimum absolute atomic E-state index is 0. The van der Waals surface area contributed by atoms with E-state index in [1.807, 2.05) is 30.3 Å². The predicted molar refractivity (Wildman–Crippen MR) is 106 cm³/mol. The van der Waals surface area contributed by atoms with Crippen LogP contribution in [-0.2, 0) is 14.6 Å². The molecule has 2 aromatic carbocycles. The molecule has 0 radical (unpaired) electrons. The van der Waals surface area contributed by atoms with Crippen molar-refractivity contribution >= 4 is 39.8 Å². The molecule has 2 aromatic rings. The number of sulfone groups is 1. The first-order valence-corrected chi connectivity index (χ1v) is 9.91. The molecule has 2 atom stereocenters. The van der Waals surface area contributed by atoms with Crippen molar-refractivity contribution < 1.29 is 13.2 Å². The number of carbonyl (C=O) groups is 1. The minimum Gasteiger partial charge on any atom is -0.355 e. The standard InChI is InChI=1S/C18H21ClN2O3S.ClH/c1-13(17(20)14-5-3-2-4-6-14)18(22)21-11-12-25(23,24)16-9-7-15(19)8-10-16;/h2-10,13,17H,11-12,20H2,1H3,(H,21,22);1H. The molecule has 5 nitrogen and oxygen atoms in total. The maximum atomic E-state index is 12.2. The second kappa shape index (κ2) is 9.92. The van der Waals surface area contributed by atoms with Crippen LogP contribution >= 0.6 is 24.0 Å². The van der Waals surface area contributed by atoms with Gasteiger partial charge in [0.05, 0.1) is 16.6 Å². The molecule has 1 amide bonds. The Kier molecular flexibility index (Phi) is 8.56. The van der Waals surface area contributed by atoms with Gasteiger partial charge in [-0.1, -0.05) is 48.9 Å². The van der Waals surface area contributed by atoms with Gasteiger partial charge >= 0.3 is 0 Å². The van der Waals surface area contributed by atoms with E-state index < -0.39 is 21.8 Å². The third-order valence-electron chi connectivity index (χ3n) is 3.98. The molecule has 0 aliphatic heterocycles. The summed E-state index contributed by atoms with van der Waals surface area (Å²) in [5.41, 5.74) is 6.97. The number of nitrogens with two attached hydrogens (primary N) is 1. The van der Waals surface area contributed by atoms with E-state index in [0.29, 0.717) is 5.02 Å². The molecule has 3 N–H and O–H groups in total. The summed E-state index contributed by atoms with van der Waals surface area (Å²) in [7, 11) is -3.48. The van der Waals surface area contributed by atoms with Gasteiger partial charge in [-0.15, -0.1) is 12.4 Å². The Balaban J connectivity index is 0.00000338. The van der Waals surface area contributed by atoms with Crippen LogP contribution in [0, 0.1) is 5.92 Å². The quantitative estimate of drug-likeness (QED) is 0.725. The molecule has 0 bridgehead atoms. The summed E-state index contributed by atoms with van der Waals surface area (Å²) in [6.45, 7) is 1.75. The van der Waals surface area contributed by atoms with E-state index in [4.69, 9.17) is 17.3 Å². The Bertz CT molecular complexity index is 812. The topological polar surface area (TPSA) is 89.3 Å². The lowest BCUT2D eigenvalue weighted by Gasteiger charge is -2.19. The molecule has 142 valence electrons. The summed E-state index contributed by atoms with van der Waals surface area (Å²) in [5.74, 6) is -0.934. The number of rotatable bonds is 7. The van der Waals surface area contributed by atoms with Crippen molar-refractivity contribution in [2.24, 2.45) is 11.7 Å². The van der Waals surface area contributed by atoms with Crippen molar-refractivity contribution in [3.63, 3.8) is 0 Å². The second-order valence-electron chi connectivity index (χ2n) is 5.79. The van der Waals surface area contributed by atoms with Gasteiger partial charge in [0.25, 0.3) is 0 Å². The van der Waals surface area contributed by atoms with E-state index in [2.05, 4.69) is 5.32 Å². The third-order valence-corrected chi connectivity index (χ3v) is 5.96.